The van der Waals surface area contributed by atoms with Crippen molar-refractivity contribution in [2.75, 3.05) is 11.9 Å². The summed E-state index contributed by atoms with van der Waals surface area (Å²) in [6, 6.07) is 6.98. The quantitative estimate of drug-likeness (QED) is 0.861. The van der Waals surface area contributed by atoms with Crippen LogP contribution in [-0.4, -0.2) is 34.7 Å². The van der Waals surface area contributed by atoms with Gasteiger partial charge in [0.15, 0.2) is 11.8 Å². The monoisotopic (exact) mass is 327 g/mol. The highest BCUT2D eigenvalue weighted by Crippen LogP contribution is 2.45. The minimum atomic E-state index is -0.0970. The molecule has 1 N–H and O–H groups in total. The van der Waals surface area contributed by atoms with Gasteiger partial charge in [-0.3, -0.25) is 9.79 Å². The largest absolute Gasteiger partial charge is 0.482 e. The standard InChI is InChI=1S/C17H17N3O2S/c21-16-8-22-15-6-5-10(7-12(15)18-16)14-9-23-17-19-11-3-1-2-4-13(11)20(14)17/h5-7,9,11,13H,1-4,8H2,(H,18,21)/t11-,13-/m0/s1. The number of ether oxygens (including phenoxy) is 1. The Bertz CT molecular complexity index is 758. The molecular formula is C17H17N3O2S. The van der Waals surface area contributed by atoms with Crippen molar-refractivity contribution in [2.45, 2.75) is 37.8 Å². The van der Waals surface area contributed by atoms with Crippen molar-refractivity contribution >= 4 is 34.2 Å². The van der Waals surface area contributed by atoms with Crippen LogP contribution in [0, 0.1) is 0 Å². The lowest BCUT2D eigenvalue weighted by Crippen LogP contribution is -2.38. The van der Waals surface area contributed by atoms with Gasteiger partial charge in [0.25, 0.3) is 5.91 Å². The van der Waals surface area contributed by atoms with Crippen LogP contribution in [0.15, 0.2) is 28.6 Å². The van der Waals surface area contributed by atoms with E-state index in [2.05, 4.69) is 21.7 Å². The molecule has 0 bridgehead atoms. The number of amidine groups is 1. The number of rotatable bonds is 1. The number of nitrogens with zero attached hydrogens (tertiary/aromatic N) is 2. The molecule has 23 heavy (non-hydrogen) atoms. The van der Waals surface area contributed by atoms with Crippen molar-refractivity contribution in [3.8, 4) is 5.75 Å². The third-order valence-corrected chi connectivity index (χ3v) is 5.81. The molecule has 0 radical (unpaired) electrons. The van der Waals surface area contributed by atoms with Gasteiger partial charge in [0, 0.05) is 11.0 Å². The van der Waals surface area contributed by atoms with E-state index in [9.17, 15) is 4.79 Å². The number of hydrogen-bond acceptors (Lipinski definition) is 5. The normalized spacial score (nSPS) is 28.2. The lowest BCUT2D eigenvalue weighted by Gasteiger charge is -2.32. The summed E-state index contributed by atoms with van der Waals surface area (Å²) in [4.78, 5) is 18.9. The molecule has 5 nitrogen and oxygen atoms in total. The van der Waals surface area contributed by atoms with Gasteiger partial charge in [-0.15, -0.1) is 0 Å². The van der Waals surface area contributed by atoms with Crippen LogP contribution in [0.4, 0.5) is 5.69 Å². The second-order valence-electron chi connectivity index (χ2n) is 6.37. The maximum absolute atomic E-state index is 11.5. The highest BCUT2D eigenvalue weighted by atomic mass is 32.2. The number of anilines is 1. The molecule has 0 saturated heterocycles. The molecule has 5 rings (SSSR count). The summed E-state index contributed by atoms with van der Waals surface area (Å²) in [5.74, 6) is 0.644. The Hall–Kier alpha value is -1.95. The predicted octanol–water partition coefficient (Wildman–Crippen LogP) is 3.05. The number of carbonyl (C=O) groups is 1. The van der Waals surface area contributed by atoms with Gasteiger partial charge in [0.2, 0.25) is 0 Å². The van der Waals surface area contributed by atoms with Crippen molar-refractivity contribution in [1.29, 1.82) is 0 Å². The van der Waals surface area contributed by atoms with Crippen molar-refractivity contribution in [3.05, 3.63) is 29.2 Å². The Morgan fingerprint density at radius 2 is 2.22 bits per heavy atom. The van der Waals surface area contributed by atoms with Crippen molar-refractivity contribution in [3.63, 3.8) is 0 Å². The van der Waals surface area contributed by atoms with E-state index in [-0.39, 0.29) is 12.5 Å². The lowest BCUT2D eigenvalue weighted by molar-refractivity contribution is -0.118. The summed E-state index contributed by atoms with van der Waals surface area (Å²) >= 11 is 1.72. The van der Waals surface area contributed by atoms with E-state index in [0.29, 0.717) is 12.1 Å². The second kappa shape index (κ2) is 5.03. The molecule has 1 amide bonds. The first kappa shape index (κ1) is 13.5. The number of nitrogens with one attached hydrogen (secondary N) is 1. The van der Waals surface area contributed by atoms with Crippen molar-refractivity contribution in [2.24, 2.45) is 4.99 Å². The van der Waals surface area contributed by atoms with Gasteiger partial charge in [-0.25, -0.2) is 0 Å². The fraction of sp³-hybridized carbons (Fsp3) is 0.412. The van der Waals surface area contributed by atoms with E-state index in [1.807, 2.05) is 12.1 Å². The third-order valence-electron chi connectivity index (χ3n) is 4.95. The van der Waals surface area contributed by atoms with Gasteiger partial charge in [-0.2, -0.15) is 0 Å². The summed E-state index contributed by atoms with van der Waals surface area (Å²) < 4.78 is 5.45. The second-order valence-corrected chi connectivity index (χ2v) is 7.21. The smallest absolute Gasteiger partial charge is 0.262 e. The number of carbonyl (C=O) groups excluding carboxylic acids is 1. The topological polar surface area (TPSA) is 53.9 Å². The molecule has 0 spiro atoms. The fourth-order valence-electron chi connectivity index (χ4n) is 3.87. The Morgan fingerprint density at radius 1 is 1.30 bits per heavy atom. The summed E-state index contributed by atoms with van der Waals surface area (Å²) in [5, 5.41) is 6.20. The number of benzene rings is 1. The van der Waals surface area contributed by atoms with Crippen LogP contribution in [0.3, 0.4) is 0 Å². The molecular weight excluding hydrogens is 310 g/mol. The van der Waals surface area contributed by atoms with Crippen molar-refractivity contribution in [1.82, 2.24) is 4.90 Å². The Kier molecular flexibility index (Phi) is 2.95. The van der Waals surface area contributed by atoms with Crippen LogP contribution in [0.5, 0.6) is 5.75 Å². The lowest BCUT2D eigenvalue weighted by atomic mass is 9.90. The zero-order chi connectivity index (χ0) is 15.4. The molecule has 1 aromatic carbocycles. The number of amides is 1. The van der Waals surface area contributed by atoms with Crippen molar-refractivity contribution < 1.29 is 9.53 Å². The molecule has 4 aliphatic rings. The molecule has 3 heterocycles. The first-order valence-electron chi connectivity index (χ1n) is 8.10. The van der Waals surface area contributed by atoms with Crippen LogP contribution in [0.2, 0.25) is 0 Å². The summed E-state index contributed by atoms with van der Waals surface area (Å²) in [5.41, 5.74) is 3.07. The van der Waals surface area contributed by atoms with Crippen LogP contribution in [-0.2, 0) is 4.79 Å². The van der Waals surface area contributed by atoms with Gasteiger partial charge in [0.05, 0.1) is 23.5 Å². The van der Waals surface area contributed by atoms with Crippen LogP contribution >= 0.6 is 11.8 Å². The first-order valence-corrected chi connectivity index (χ1v) is 8.98. The van der Waals surface area contributed by atoms with Crippen LogP contribution in [0.1, 0.15) is 31.2 Å². The third kappa shape index (κ3) is 2.08. The van der Waals surface area contributed by atoms with E-state index < -0.39 is 0 Å². The number of fused-ring (bicyclic) bond motifs is 4. The van der Waals surface area contributed by atoms with Gasteiger partial charge >= 0.3 is 0 Å². The molecule has 118 valence electrons. The summed E-state index contributed by atoms with van der Waals surface area (Å²) in [6.07, 6.45) is 4.98. The van der Waals surface area contributed by atoms with Crippen LogP contribution < -0.4 is 10.1 Å². The fourth-order valence-corrected chi connectivity index (χ4v) is 4.88. The Morgan fingerprint density at radius 3 is 3.17 bits per heavy atom. The van der Waals surface area contributed by atoms with E-state index in [1.54, 1.807) is 11.8 Å². The Labute approximate surface area is 138 Å². The maximum Gasteiger partial charge on any atom is 0.262 e. The minimum Gasteiger partial charge on any atom is -0.482 e. The molecule has 0 unspecified atom stereocenters. The molecule has 1 fully saturated rings. The molecule has 1 aromatic rings. The van der Waals surface area contributed by atoms with E-state index in [1.165, 1.54) is 31.4 Å². The highest BCUT2D eigenvalue weighted by molar-refractivity contribution is 8.16. The first-order chi connectivity index (χ1) is 11.3. The SMILES string of the molecule is O=C1COc2ccc(C3=CSC4=N[C@H]5CCCC[C@@H]5N34)cc2N1. The minimum absolute atomic E-state index is 0.0948. The molecule has 0 aromatic heterocycles. The van der Waals surface area contributed by atoms with Gasteiger partial charge in [-0.05, 0) is 31.0 Å². The predicted molar refractivity (Wildman–Crippen MR) is 91.5 cm³/mol. The number of aliphatic imine (C=N–C) groups is 1. The molecule has 2 atom stereocenters. The van der Waals surface area contributed by atoms with E-state index in [0.717, 1.165) is 22.2 Å². The Balaban J connectivity index is 1.49. The molecule has 1 aliphatic carbocycles. The van der Waals surface area contributed by atoms with Gasteiger partial charge in [0.1, 0.15) is 5.75 Å². The van der Waals surface area contributed by atoms with Gasteiger partial charge < -0.3 is 15.0 Å². The zero-order valence-electron chi connectivity index (χ0n) is 12.6. The summed E-state index contributed by atoms with van der Waals surface area (Å²) in [6.45, 7) is 0.0948. The highest BCUT2D eigenvalue weighted by Gasteiger charge is 2.42. The van der Waals surface area contributed by atoms with Gasteiger partial charge in [-0.1, -0.05) is 24.6 Å². The van der Waals surface area contributed by atoms with Crippen LogP contribution in [0.25, 0.3) is 5.70 Å². The maximum atomic E-state index is 11.5. The molecule has 3 aliphatic heterocycles. The number of thioether (sulfide) groups is 1. The molecule has 1 saturated carbocycles. The zero-order valence-corrected chi connectivity index (χ0v) is 13.4. The summed E-state index contributed by atoms with van der Waals surface area (Å²) in [7, 11) is 0. The average molecular weight is 327 g/mol. The average Bonchev–Trinajstić information content (AvgIpc) is 3.13. The van der Waals surface area contributed by atoms with E-state index in [4.69, 9.17) is 9.73 Å². The number of hydrogen-bond donors (Lipinski definition) is 1. The molecule has 6 heteroatoms. The van der Waals surface area contributed by atoms with E-state index >= 15 is 0 Å².